The van der Waals surface area contributed by atoms with E-state index in [1.165, 1.54) is 0 Å². The van der Waals surface area contributed by atoms with Crippen molar-refractivity contribution in [2.75, 3.05) is 13.2 Å². The molecule has 2 aromatic heterocycles. The third-order valence-corrected chi connectivity index (χ3v) is 6.54. The maximum Gasteiger partial charge on any atom is 0.248 e. The Kier molecular flexibility index (Phi) is 5.69. The van der Waals surface area contributed by atoms with E-state index in [0.29, 0.717) is 30.7 Å². The van der Waals surface area contributed by atoms with Crippen molar-refractivity contribution in [3.8, 4) is 34.2 Å². The molecule has 31 heavy (non-hydrogen) atoms. The number of nitrogens with zero attached hydrogens (tertiary/aromatic N) is 4. The third-order valence-electron chi connectivity index (χ3n) is 4.87. The number of halogens is 1. The Bertz CT molecular complexity index is 1220. The van der Waals surface area contributed by atoms with Gasteiger partial charge in [0.05, 0.1) is 23.2 Å². The first kappa shape index (κ1) is 20.1. The molecule has 2 aromatic carbocycles. The number of rotatable bonds is 6. The average Bonchev–Trinajstić information content (AvgIpc) is 3.44. The summed E-state index contributed by atoms with van der Waals surface area (Å²) in [7, 11) is 0. The fraction of sp³-hybridized carbons (Fsp3) is 0.227. The standard InChI is InChI=1S/C22H19BrN4O3S/c1-2-27-17(14-7-8-18-19(11-14)29-10-9-28-18)12-24-22(27)31-13-20-25-26-21(30-20)15-5-3-4-6-16(15)23/h3-8,11-12H,2,9-10,13H2,1H3. The van der Waals surface area contributed by atoms with Crippen LogP contribution >= 0.6 is 27.7 Å². The van der Waals surface area contributed by atoms with Gasteiger partial charge in [-0.2, -0.15) is 0 Å². The minimum absolute atomic E-state index is 0.499. The largest absolute Gasteiger partial charge is 0.486 e. The van der Waals surface area contributed by atoms with Crippen LogP contribution in [0, 0.1) is 0 Å². The number of thioether (sulfide) groups is 1. The summed E-state index contributed by atoms with van der Waals surface area (Å²) in [5.41, 5.74) is 2.95. The highest BCUT2D eigenvalue weighted by Gasteiger charge is 2.17. The van der Waals surface area contributed by atoms with E-state index >= 15 is 0 Å². The lowest BCUT2D eigenvalue weighted by Gasteiger charge is -2.19. The number of imidazole rings is 1. The minimum atomic E-state index is 0.499. The van der Waals surface area contributed by atoms with Gasteiger partial charge in [-0.3, -0.25) is 0 Å². The first-order valence-electron chi connectivity index (χ1n) is 9.88. The van der Waals surface area contributed by atoms with Crippen molar-refractivity contribution < 1.29 is 13.9 Å². The van der Waals surface area contributed by atoms with Gasteiger partial charge in [0, 0.05) is 16.6 Å². The molecule has 5 rings (SSSR count). The molecule has 4 aromatic rings. The van der Waals surface area contributed by atoms with Crippen LogP contribution in [0.5, 0.6) is 11.5 Å². The molecule has 158 valence electrons. The maximum absolute atomic E-state index is 5.86. The second-order valence-electron chi connectivity index (χ2n) is 6.80. The number of ether oxygens (including phenoxy) is 2. The van der Waals surface area contributed by atoms with Crippen molar-refractivity contribution in [2.45, 2.75) is 24.4 Å². The number of aromatic nitrogens is 4. The topological polar surface area (TPSA) is 75.2 Å². The second-order valence-corrected chi connectivity index (χ2v) is 8.60. The Labute approximate surface area is 191 Å². The number of hydrogen-bond acceptors (Lipinski definition) is 7. The molecular formula is C22H19BrN4O3S. The SMILES string of the molecule is CCn1c(-c2ccc3c(c2)OCCO3)cnc1SCc1nnc(-c2ccccc2Br)o1. The summed E-state index contributed by atoms with van der Waals surface area (Å²) >= 11 is 5.09. The zero-order valence-electron chi connectivity index (χ0n) is 16.7. The summed E-state index contributed by atoms with van der Waals surface area (Å²) < 4.78 is 20.3. The van der Waals surface area contributed by atoms with Gasteiger partial charge < -0.3 is 18.5 Å². The minimum Gasteiger partial charge on any atom is -0.486 e. The van der Waals surface area contributed by atoms with Crippen LogP contribution < -0.4 is 9.47 Å². The Morgan fingerprint density at radius 2 is 1.90 bits per heavy atom. The summed E-state index contributed by atoms with van der Waals surface area (Å²) in [6, 6.07) is 13.8. The molecule has 0 fully saturated rings. The van der Waals surface area contributed by atoms with Gasteiger partial charge in [-0.1, -0.05) is 23.9 Å². The number of benzene rings is 2. The van der Waals surface area contributed by atoms with Crippen molar-refractivity contribution in [1.29, 1.82) is 0 Å². The second kappa shape index (κ2) is 8.76. The average molecular weight is 499 g/mol. The molecule has 3 heterocycles. The molecule has 0 aliphatic carbocycles. The first-order valence-corrected chi connectivity index (χ1v) is 11.7. The van der Waals surface area contributed by atoms with Crippen molar-refractivity contribution in [3.05, 3.63) is 59.0 Å². The molecule has 0 radical (unpaired) electrons. The van der Waals surface area contributed by atoms with Gasteiger partial charge in [-0.05, 0) is 53.2 Å². The van der Waals surface area contributed by atoms with E-state index in [9.17, 15) is 0 Å². The highest BCUT2D eigenvalue weighted by Crippen LogP contribution is 2.36. The normalized spacial score (nSPS) is 12.8. The summed E-state index contributed by atoms with van der Waals surface area (Å²) in [4.78, 5) is 4.63. The van der Waals surface area contributed by atoms with E-state index in [2.05, 4.69) is 42.6 Å². The fourth-order valence-electron chi connectivity index (χ4n) is 3.39. The van der Waals surface area contributed by atoms with E-state index in [1.807, 2.05) is 48.7 Å². The molecule has 0 spiro atoms. The Morgan fingerprint density at radius 1 is 1.06 bits per heavy atom. The monoisotopic (exact) mass is 498 g/mol. The predicted octanol–water partition coefficient (Wildman–Crippen LogP) is 5.45. The predicted molar refractivity (Wildman–Crippen MR) is 121 cm³/mol. The molecule has 1 aliphatic rings. The zero-order valence-corrected chi connectivity index (χ0v) is 19.1. The molecule has 9 heteroatoms. The quantitative estimate of drug-likeness (QED) is 0.327. The van der Waals surface area contributed by atoms with Crippen molar-refractivity contribution in [1.82, 2.24) is 19.7 Å². The van der Waals surface area contributed by atoms with Crippen LogP contribution in [0.15, 0.2) is 62.7 Å². The van der Waals surface area contributed by atoms with Gasteiger partial charge in [0.15, 0.2) is 16.7 Å². The van der Waals surface area contributed by atoms with Gasteiger partial charge in [0.25, 0.3) is 0 Å². The molecule has 0 unspecified atom stereocenters. The van der Waals surface area contributed by atoms with Gasteiger partial charge in [0.2, 0.25) is 11.8 Å². The molecule has 0 saturated heterocycles. The summed E-state index contributed by atoms with van der Waals surface area (Å²) in [5.74, 6) is 3.15. The molecular weight excluding hydrogens is 480 g/mol. The van der Waals surface area contributed by atoms with Crippen LogP contribution in [0.25, 0.3) is 22.7 Å². The Hall–Kier alpha value is -2.78. The summed E-state index contributed by atoms with van der Waals surface area (Å²) in [6.45, 7) is 4.04. The third kappa shape index (κ3) is 4.07. The van der Waals surface area contributed by atoms with E-state index in [0.717, 1.165) is 44.5 Å². The highest BCUT2D eigenvalue weighted by atomic mass is 79.9. The molecule has 0 amide bonds. The number of fused-ring (bicyclic) bond motifs is 1. The zero-order chi connectivity index (χ0) is 21.2. The fourth-order valence-corrected chi connectivity index (χ4v) is 4.73. The van der Waals surface area contributed by atoms with Gasteiger partial charge in [0.1, 0.15) is 13.2 Å². The first-order chi connectivity index (χ1) is 15.2. The van der Waals surface area contributed by atoms with E-state index in [-0.39, 0.29) is 0 Å². The van der Waals surface area contributed by atoms with Crippen LogP contribution in [0.1, 0.15) is 12.8 Å². The van der Waals surface area contributed by atoms with Gasteiger partial charge in [-0.15, -0.1) is 10.2 Å². The molecule has 7 nitrogen and oxygen atoms in total. The van der Waals surface area contributed by atoms with Gasteiger partial charge >= 0.3 is 0 Å². The number of hydrogen-bond donors (Lipinski definition) is 0. The lowest BCUT2D eigenvalue weighted by atomic mass is 10.1. The Balaban J connectivity index is 1.34. The van der Waals surface area contributed by atoms with Crippen LogP contribution in [0.2, 0.25) is 0 Å². The smallest absolute Gasteiger partial charge is 0.248 e. The van der Waals surface area contributed by atoms with Crippen molar-refractivity contribution >= 4 is 27.7 Å². The van der Waals surface area contributed by atoms with Gasteiger partial charge in [-0.25, -0.2) is 4.98 Å². The van der Waals surface area contributed by atoms with Crippen LogP contribution in [0.4, 0.5) is 0 Å². The molecule has 0 bridgehead atoms. The lowest BCUT2D eigenvalue weighted by molar-refractivity contribution is 0.171. The highest BCUT2D eigenvalue weighted by molar-refractivity contribution is 9.10. The molecule has 1 aliphatic heterocycles. The van der Waals surface area contributed by atoms with E-state index in [4.69, 9.17) is 13.9 Å². The molecule has 0 atom stereocenters. The maximum atomic E-state index is 5.86. The molecule has 0 N–H and O–H groups in total. The van der Waals surface area contributed by atoms with Crippen LogP contribution in [-0.4, -0.2) is 33.0 Å². The lowest BCUT2D eigenvalue weighted by Crippen LogP contribution is -2.15. The Morgan fingerprint density at radius 3 is 2.74 bits per heavy atom. The van der Waals surface area contributed by atoms with E-state index in [1.54, 1.807) is 11.8 Å². The summed E-state index contributed by atoms with van der Waals surface area (Å²) in [6.07, 6.45) is 1.89. The van der Waals surface area contributed by atoms with Crippen molar-refractivity contribution in [3.63, 3.8) is 0 Å². The molecule has 0 saturated carbocycles. The van der Waals surface area contributed by atoms with E-state index < -0.39 is 0 Å². The summed E-state index contributed by atoms with van der Waals surface area (Å²) in [5, 5.41) is 9.27. The van der Waals surface area contributed by atoms with Crippen LogP contribution in [0.3, 0.4) is 0 Å². The van der Waals surface area contributed by atoms with Crippen LogP contribution in [-0.2, 0) is 12.3 Å². The van der Waals surface area contributed by atoms with Crippen molar-refractivity contribution in [2.24, 2.45) is 0 Å².